The van der Waals surface area contributed by atoms with Crippen molar-refractivity contribution in [2.24, 2.45) is 0 Å². The van der Waals surface area contributed by atoms with Crippen LogP contribution >= 0.6 is 0 Å². The smallest absolute Gasteiger partial charge is 0.338 e. The van der Waals surface area contributed by atoms with Crippen LogP contribution in [-0.4, -0.2) is 23.4 Å². The molecule has 130 valence electrons. The molecular formula is C18H18N2O5. The summed E-state index contributed by atoms with van der Waals surface area (Å²) < 4.78 is 4.86. The molecule has 7 nitrogen and oxygen atoms in total. The summed E-state index contributed by atoms with van der Waals surface area (Å²) in [5.74, 6) is -1.25. The highest BCUT2D eigenvalue weighted by Crippen LogP contribution is 2.22. The van der Waals surface area contributed by atoms with Crippen molar-refractivity contribution >= 4 is 23.3 Å². The maximum absolute atomic E-state index is 12.5. The van der Waals surface area contributed by atoms with Gasteiger partial charge in [-0.15, -0.1) is 0 Å². The Morgan fingerprint density at radius 2 is 1.84 bits per heavy atom. The molecule has 0 heterocycles. The van der Waals surface area contributed by atoms with Crippen molar-refractivity contribution in [3.8, 4) is 0 Å². The van der Waals surface area contributed by atoms with Crippen LogP contribution in [0.1, 0.15) is 38.8 Å². The van der Waals surface area contributed by atoms with Crippen LogP contribution in [0.15, 0.2) is 36.4 Å². The van der Waals surface area contributed by atoms with Crippen molar-refractivity contribution in [2.75, 3.05) is 11.9 Å². The van der Waals surface area contributed by atoms with Crippen molar-refractivity contribution in [3.05, 3.63) is 68.8 Å². The Morgan fingerprint density at radius 3 is 2.48 bits per heavy atom. The van der Waals surface area contributed by atoms with Crippen LogP contribution in [0.2, 0.25) is 0 Å². The van der Waals surface area contributed by atoms with Crippen LogP contribution < -0.4 is 5.32 Å². The zero-order chi connectivity index (χ0) is 18.6. The molecule has 0 fully saturated rings. The van der Waals surface area contributed by atoms with Gasteiger partial charge in [0, 0.05) is 23.4 Å². The third kappa shape index (κ3) is 4.20. The molecule has 0 aliphatic heterocycles. The number of carbonyl (C=O) groups is 2. The number of ether oxygens (including phenoxy) is 1. The van der Waals surface area contributed by atoms with Gasteiger partial charge in [0.05, 0.1) is 17.1 Å². The molecule has 7 heteroatoms. The van der Waals surface area contributed by atoms with Crippen LogP contribution in [0.4, 0.5) is 11.4 Å². The highest BCUT2D eigenvalue weighted by atomic mass is 16.6. The van der Waals surface area contributed by atoms with Crippen LogP contribution in [0.5, 0.6) is 0 Å². The molecule has 0 saturated heterocycles. The van der Waals surface area contributed by atoms with Gasteiger partial charge in [0.25, 0.3) is 11.6 Å². The summed E-state index contributed by atoms with van der Waals surface area (Å²) in [4.78, 5) is 34.8. The number of nitro benzene ring substituents is 1. The quantitative estimate of drug-likeness (QED) is 0.508. The Morgan fingerprint density at radius 1 is 1.16 bits per heavy atom. The molecule has 0 saturated carbocycles. The summed E-state index contributed by atoms with van der Waals surface area (Å²) in [5, 5.41) is 13.8. The highest BCUT2D eigenvalue weighted by molar-refractivity contribution is 6.06. The first-order chi connectivity index (χ1) is 11.8. The maximum Gasteiger partial charge on any atom is 0.338 e. The zero-order valence-electron chi connectivity index (χ0n) is 14.2. The Hall–Kier alpha value is -3.22. The topological polar surface area (TPSA) is 98.5 Å². The van der Waals surface area contributed by atoms with Gasteiger partial charge in [-0.2, -0.15) is 0 Å². The molecular weight excluding hydrogens is 324 g/mol. The zero-order valence-corrected chi connectivity index (χ0v) is 14.2. The molecule has 0 atom stereocenters. The summed E-state index contributed by atoms with van der Waals surface area (Å²) in [6, 6.07) is 8.96. The number of carbonyl (C=O) groups excluding carboxylic acids is 2. The molecule has 0 bridgehead atoms. The van der Waals surface area contributed by atoms with E-state index in [4.69, 9.17) is 4.74 Å². The number of nitrogens with zero attached hydrogens (tertiary/aromatic N) is 1. The van der Waals surface area contributed by atoms with E-state index in [0.29, 0.717) is 5.69 Å². The molecule has 1 N–H and O–H groups in total. The number of esters is 1. The average molecular weight is 342 g/mol. The lowest BCUT2D eigenvalue weighted by Crippen LogP contribution is -2.15. The molecule has 0 radical (unpaired) electrons. The lowest BCUT2D eigenvalue weighted by atomic mass is 10.1. The monoisotopic (exact) mass is 342 g/mol. The van der Waals surface area contributed by atoms with Crippen LogP contribution in [0.3, 0.4) is 0 Å². The normalized spacial score (nSPS) is 10.2. The van der Waals surface area contributed by atoms with Crippen LogP contribution in [0, 0.1) is 24.0 Å². The second kappa shape index (κ2) is 7.57. The van der Waals surface area contributed by atoms with Crippen LogP contribution in [0.25, 0.3) is 0 Å². The van der Waals surface area contributed by atoms with Gasteiger partial charge in [-0.3, -0.25) is 14.9 Å². The van der Waals surface area contributed by atoms with E-state index >= 15 is 0 Å². The molecule has 0 unspecified atom stereocenters. The number of aryl methyl sites for hydroxylation is 1. The number of nitrogens with one attached hydrogen (secondary N) is 1. The van der Waals surface area contributed by atoms with E-state index in [2.05, 4.69) is 5.32 Å². The number of benzene rings is 2. The largest absolute Gasteiger partial charge is 0.462 e. The van der Waals surface area contributed by atoms with Gasteiger partial charge in [-0.25, -0.2) is 4.79 Å². The Kier molecular flexibility index (Phi) is 5.49. The predicted octanol–water partition coefficient (Wildman–Crippen LogP) is 3.64. The summed E-state index contributed by atoms with van der Waals surface area (Å²) in [6.45, 7) is 5.54. The standard InChI is InChI=1S/C18H18N2O5/c1-4-25-18(22)14-8-13(9-15(10-14)20(23)24)17(21)19-16-7-5-6-11(2)12(16)3/h5-10H,4H2,1-3H3,(H,19,21). The van der Waals surface area contributed by atoms with E-state index < -0.39 is 16.8 Å². The fourth-order valence-corrected chi connectivity index (χ4v) is 2.26. The first kappa shape index (κ1) is 18.1. The number of nitro groups is 1. The van der Waals surface area contributed by atoms with Gasteiger partial charge >= 0.3 is 5.97 Å². The molecule has 0 aromatic heterocycles. The lowest BCUT2D eigenvalue weighted by molar-refractivity contribution is -0.384. The molecule has 25 heavy (non-hydrogen) atoms. The summed E-state index contributed by atoms with van der Waals surface area (Å²) in [5.41, 5.74) is 2.13. The van der Waals surface area contributed by atoms with E-state index in [1.54, 1.807) is 19.1 Å². The van der Waals surface area contributed by atoms with E-state index in [-0.39, 0.29) is 23.4 Å². The second-order valence-corrected chi connectivity index (χ2v) is 5.45. The third-order valence-corrected chi connectivity index (χ3v) is 3.75. The first-order valence-electron chi connectivity index (χ1n) is 7.67. The number of hydrogen-bond acceptors (Lipinski definition) is 5. The lowest BCUT2D eigenvalue weighted by Gasteiger charge is -2.11. The molecule has 2 aromatic carbocycles. The van der Waals surface area contributed by atoms with Gasteiger partial charge in [0.2, 0.25) is 0 Å². The SMILES string of the molecule is CCOC(=O)c1cc(C(=O)Nc2cccc(C)c2C)cc([N+](=O)[O-])c1. The van der Waals surface area contributed by atoms with Gasteiger partial charge in [-0.1, -0.05) is 12.1 Å². The molecule has 0 aliphatic carbocycles. The molecule has 2 aromatic rings. The fourth-order valence-electron chi connectivity index (χ4n) is 2.26. The Bertz CT molecular complexity index is 845. The van der Waals surface area contributed by atoms with Gasteiger partial charge in [0.1, 0.15) is 0 Å². The van der Waals surface area contributed by atoms with Crippen molar-refractivity contribution in [1.82, 2.24) is 0 Å². The van der Waals surface area contributed by atoms with Gasteiger partial charge < -0.3 is 10.1 Å². The summed E-state index contributed by atoms with van der Waals surface area (Å²) >= 11 is 0. The molecule has 1 amide bonds. The Balaban J connectivity index is 2.39. The number of non-ortho nitro benzene ring substituents is 1. The average Bonchev–Trinajstić information content (AvgIpc) is 2.58. The third-order valence-electron chi connectivity index (χ3n) is 3.75. The van der Waals surface area contributed by atoms with E-state index in [0.717, 1.165) is 23.3 Å². The van der Waals surface area contributed by atoms with Gasteiger partial charge in [-0.05, 0) is 44.0 Å². The van der Waals surface area contributed by atoms with Gasteiger partial charge in [0.15, 0.2) is 0 Å². The van der Waals surface area contributed by atoms with Crippen molar-refractivity contribution in [2.45, 2.75) is 20.8 Å². The highest BCUT2D eigenvalue weighted by Gasteiger charge is 2.19. The first-order valence-corrected chi connectivity index (χ1v) is 7.67. The maximum atomic E-state index is 12.5. The summed E-state index contributed by atoms with van der Waals surface area (Å²) in [6.07, 6.45) is 0. The van der Waals surface area contributed by atoms with Crippen molar-refractivity contribution < 1.29 is 19.2 Å². The number of hydrogen-bond donors (Lipinski definition) is 1. The molecule has 2 rings (SSSR count). The number of rotatable bonds is 5. The fraction of sp³-hybridized carbons (Fsp3) is 0.222. The van der Waals surface area contributed by atoms with Crippen LogP contribution in [-0.2, 0) is 4.74 Å². The molecule has 0 aliphatic rings. The minimum Gasteiger partial charge on any atom is -0.462 e. The predicted molar refractivity (Wildman–Crippen MR) is 92.9 cm³/mol. The number of anilines is 1. The minimum absolute atomic E-state index is 0.0122. The van der Waals surface area contributed by atoms with E-state index in [1.165, 1.54) is 6.07 Å². The van der Waals surface area contributed by atoms with E-state index in [9.17, 15) is 19.7 Å². The van der Waals surface area contributed by atoms with Crippen molar-refractivity contribution in [1.29, 1.82) is 0 Å². The van der Waals surface area contributed by atoms with E-state index in [1.807, 2.05) is 19.9 Å². The second-order valence-electron chi connectivity index (χ2n) is 5.45. The minimum atomic E-state index is -0.716. The Labute approximate surface area is 144 Å². The van der Waals surface area contributed by atoms with Crippen molar-refractivity contribution in [3.63, 3.8) is 0 Å². The number of amides is 1. The summed E-state index contributed by atoms with van der Waals surface area (Å²) in [7, 11) is 0. The molecule has 0 spiro atoms.